The van der Waals surface area contributed by atoms with Crippen LogP contribution in [0, 0.1) is 6.92 Å². The number of hydrogen-bond donors (Lipinski definition) is 1. The fraction of sp³-hybridized carbons (Fsp3) is 0.294. The van der Waals surface area contributed by atoms with Crippen LogP contribution >= 0.6 is 0 Å². The van der Waals surface area contributed by atoms with Gasteiger partial charge in [-0.1, -0.05) is 23.8 Å². The second-order valence-electron chi connectivity index (χ2n) is 5.65. The van der Waals surface area contributed by atoms with Crippen molar-refractivity contribution in [3.8, 4) is 0 Å². The minimum Gasteiger partial charge on any atom is -0.350 e. The van der Waals surface area contributed by atoms with Gasteiger partial charge in [0, 0.05) is 18.9 Å². The fourth-order valence-electron chi connectivity index (χ4n) is 2.34. The van der Waals surface area contributed by atoms with Crippen molar-refractivity contribution in [2.24, 2.45) is 0 Å². The van der Waals surface area contributed by atoms with Crippen molar-refractivity contribution < 1.29 is 13.2 Å². The lowest BCUT2D eigenvalue weighted by Crippen LogP contribution is -2.47. The first-order valence-corrected chi connectivity index (χ1v) is 9.36. The summed E-state index contributed by atoms with van der Waals surface area (Å²) in [5, 5.41) is 2.75. The Hall–Kier alpha value is -2.41. The number of nitrogens with zero attached hydrogens (tertiary/aromatic N) is 2. The number of aryl methyl sites for hydroxylation is 1. The third-order valence-electron chi connectivity index (χ3n) is 3.57. The van der Waals surface area contributed by atoms with Crippen LogP contribution in [0.2, 0.25) is 0 Å². The number of anilines is 1. The number of carbonyl (C=O) groups excluding carboxylic acids is 1. The van der Waals surface area contributed by atoms with Crippen LogP contribution < -0.4 is 9.62 Å². The average molecular weight is 347 g/mol. The zero-order chi connectivity index (χ0) is 17.7. The van der Waals surface area contributed by atoms with Crippen LogP contribution in [0.3, 0.4) is 0 Å². The molecule has 0 unspecified atom stereocenters. The Morgan fingerprint density at radius 2 is 1.92 bits per heavy atom. The van der Waals surface area contributed by atoms with E-state index in [-0.39, 0.29) is 5.91 Å². The van der Waals surface area contributed by atoms with E-state index in [4.69, 9.17) is 0 Å². The molecule has 7 heteroatoms. The topological polar surface area (TPSA) is 79.4 Å². The van der Waals surface area contributed by atoms with Gasteiger partial charge in [0.2, 0.25) is 15.9 Å². The molecular formula is C17H21N3O3S. The van der Waals surface area contributed by atoms with Crippen molar-refractivity contribution in [2.75, 3.05) is 10.6 Å². The minimum absolute atomic E-state index is 0.294. The summed E-state index contributed by atoms with van der Waals surface area (Å²) < 4.78 is 25.5. The quantitative estimate of drug-likeness (QED) is 0.865. The summed E-state index contributed by atoms with van der Waals surface area (Å²) in [6.45, 7) is 3.78. The molecule has 0 aliphatic carbocycles. The van der Waals surface area contributed by atoms with Gasteiger partial charge in [0.05, 0.1) is 11.9 Å². The molecule has 0 radical (unpaired) electrons. The van der Waals surface area contributed by atoms with Crippen LogP contribution in [0.25, 0.3) is 0 Å². The maximum atomic E-state index is 12.4. The van der Waals surface area contributed by atoms with Gasteiger partial charge in [-0.15, -0.1) is 0 Å². The number of pyridine rings is 1. The standard InChI is InChI=1S/C17H21N3O3S/c1-13-6-8-16(9-7-13)20(24(3,22)23)14(2)17(21)19-12-15-5-4-10-18-11-15/h4-11,14H,12H2,1-3H3,(H,19,21)/t14-/m0/s1. The van der Waals surface area contributed by atoms with Crippen LogP contribution in [0.4, 0.5) is 5.69 Å². The SMILES string of the molecule is Cc1ccc(N([C@@H](C)C(=O)NCc2cccnc2)S(C)(=O)=O)cc1. The second kappa shape index (κ2) is 7.44. The van der Waals surface area contributed by atoms with Crippen molar-refractivity contribution in [3.63, 3.8) is 0 Å². The molecule has 1 aromatic heterocycles. The highest BCUT2D eigenvalue weighted by Gasteiger charge is 2.28. The highest BCUT2D eigenvalue weighted by molar-refractivity contribution is 7.92. The van der Waals surface area contributed by atoms with Gasteiger partial charge >= 0.3 is 0 Å². The first-order valence-electron chi connectivity index (χ1n) is 7.51. The van der Waals surface area contributed by atoms with Crippen LogP contribution in [0.1, 0.15) is 18.1 Å². The Morgan fingerprint density at radius 1 is 1.25 bits per heavy atom. The van der Waals surface area contributed by atoms with E-state index in [1.165, 1.54) is 0 Å². The van der Waals surface area contributed by atoms with Gasteiger partial charge < -0.3 is 5.32 Å². The molecule has 1 amide bonds. The molecule has 0 spiro atoms. The third kappa shape index (κ3) is 4.55. The van der Waals surface area contributed by atoms with E-state index >= 15 is 0 Å². The summed E-state index contributed by atoms with van der Waals surface area (Å²) >= 11 is 0. The predicted octanol–water partition coefficient (Wildman–Crippen LogP) is 1.86. The lowest BCUT2D eigenvalue weighted by molar-refractivity contribution is -0.122. The molecular weight excluding hydrogens is 326 g/mol. The fourth-order valence-corrected chi connectivity index (χ4v) is 3.51. The van der Waals surface area contributed by atoms with E-state index in [0.29, 0.717) is 12.2 Å². The van der Waals surface area contributed by atoms with E-state index in [9.17, 15) is 13.2 Å². The summed E-state index contributed by atoms with van der Waals surface area (Å²) in [5.41, 5.74) is 2.33. The molecule has 1 N–H and O–H groups in total. The Morgan fingerprint density at radius 3 is 2.46 bits per heavy atom. The van der Waals surface area contributed by atoms with Crippen molar-refractivity contribution in [1.82, 2.24) is 10.3 Å². The molecule has 6 nitrogen and oxygen atoms in total. The highest BCUT2D eigenvalue weighted by atomic mass is 32.2. The summed E-state index contributed by atoms with van der Waals surface area (Å²) in [5.74, 6) is -0.371. The maximum Gasteiger partial charge on any atom is 0.243 e. The number of sulfonamides is 1. The monoisotopic (exact) mass is 347 g/mol. The van der Waals surface area contributed by atoms with Crippen LogP contribution in [-0.2, 0) is 21.4 Å². The molecule has 1 heterocycles. The molecule has 1 aromatic carbocycles. The third-order valence-corrected chi connectivity index (χ3v) is 4.81. The highest BCUT2D eigenvalue weighted by Crippen LogP contribution is 2.21. The Bertz CT molecular complexity index is 790. The van der Waals surface area contributed by atoms with Gasteiger partial charge in [0.1, 0.15) is 6.04 Å². The zero-order valence-corrected chi connectivity index (χ0v) is 14.7. The smallest absolute Gasteiger partial charge is 0.243 e. The largest absolute Gasteiger partial charge is 0.350 e. The van der Waals surface area contributed by atoms with E-state index in [0.717, 1.165) is 21.7 Å². The summed E-state index contributed by atoms with van der Waals surface area (Å²) in [7, 11) is -3.60. The molecule has 24 heavy (non-hydrogen) atoms. The molecule has 0 saturated carbocycles. The number of benzene rings is 1. The lowest BCUT2D eigenvalue weighted by Gasteiger charge is -2.28. The molecule has 1 atom stereocenters. The maximum absolute atomic E-state index is 12.4. The summed E-state index contributed by atoms with van der Waals surface area (Å²) in [6, 6.07) is 9.77. The number of hydrogen-bond acceptors (Lipinski definition) is 4. The summed E-state index contributed by atoms with van der Waals surface area (Å²) in [4.78, 5) is 16.4. The van der Waals surface area contributed by atoms with Crippen LogP contribution in [0.15, 0.2) is 48.8 Å². The molecule has 0 bridgehead atoms. The van der Waals surface area contributed by atoms with Crippen LogP contribution in [-0.4, -0.2) is 31.6 Å². The Labute approximate surface area is 142 Å². The van der Waals surface area contributed by atoms with Crippen molar-refractivity contribution in [2.45, 2.75) is 26.4 Å². The first kappa shape index (κ1) is 17.9. The van der Waals surface area contributed by atoms with E-state index in [2.05, 4.69) is 10.3 Å². The van der Waals surface area contributed by atoms with E-state index in [1.54, 1.807) is 37.5 Å². The Balaban J connectivity index is 2.17. The second-order valence-corrected chi connectivity index (χ2v) is 7.51. The number of aromatic nitrogens is 1. The van der Waals surface area contributed by atoms with Gasteiger partial charge in [0.15, 0.2) is 0 Å². The van der Waals surface area contributed by atoms with Gasteiger partial charge in [0.25, 0.3) is 0 Å². The van der Waals surface area contributed by atoms with Gasteiger partial charge in [-0.25, -0.2) is 8.42 Å². The number of amides is 1. The number of rotatable bonds is 6. The minimum atomic E-state index is -3.60. The molecule has 0 fully saturated rings. The van der Waals surface area contributed by atoms with Crippen molar-refractivity contribution >= 4 is 21.6 Å². The Kier molecular flexibility index (Phi) is 5.56. The predicted molar refractivity (Wildman–Crippen MR) is 94.0 cm³/mol. The number of nitrogens with one attached hydrogen (secondary N) is 1. The van der Waals surface area contributed by atoms with Crippen molar-refractivity contribution in [1.29, 1.82) is 0 Å². The normalized spacial score (nSPS) is 12.5. The lowest BCUT2D eigenvalue weighted by atomic mass is 10.2. The average Bonchev–Trinajstić information content (AvgIpc) is 2.54. The molecule has 0 aliphatic rings. The molecule has 2 aromatic rings. The molecule has 0 aliphatic heterocycles. The number of carbonyl (C=O) groups is 1. The van der Waals surface area contributed by atoms with Gasteiger partial charge in [-0.2, -0.15) is 0 Å². The molecule has 128 valence electrons. The first-order chi connectivity index (χ1) is 11.3. The van der Waals surface area contributed by atoms with Crippen molar-refractivity contribution in [3.05, 3.63) is 59.9 Å². The van der Waals surface area contributed by atoms with E-state index in [1.807, 2.05) is 25.1 Å². The zero-order valence-electron chi connectivity index (χ0n) is 13.9. The molecule has 0 saturated heterocycles. The van der Waals surface area contributed by atoms with Gasteiger partial charge in [-0.05, 0) is 37.6 Å². The van der Waals surface area contributed by atoms with Gasteiger partial charge in [-0.3, -0.25) is 14.1 Å². The van der Waals surface area contributed by atoms with Crippen LogP contribution in [0.5, 0.6) is 0 Å². The van der Waals surface area contributed by atoms with E-state index < -0.39 is 16.1 Å². The summed E-state index contributed by atoms with van der Waals surface area (Å²) in [6.07, 6.45) is 4.40. The molecule has 2 rings (SSSR count).